The first-order valence-electron chi connectivity index (χ1n) is 15.5. The summed E-state index contributed by atoms with van der Waals surface area (Å²) in [5.74, 6) is 0.632. The van der Waals surface area contributed by atoms with E-state index < -0.39 is 8.07 Å². The first kappa shape index (κ1) is 37.1. The van der Waals surface area contributed by atoms with Gasteiger partial charge in [0.1, 0.15) is 23.1 Å². The van der Waals surface area contributed by atoms with Gasteiger partial charge in [0.05, 0.1) is 0 Å². The van der Waals surface area contributed by atoms with Crippen molar-refractivity contribution in [3.05, 3.63) is 131 Å². The van der Waals surface area contributed by atoms with E-state index in [1.54, 1.807) is 10.4 Å². The van der Waals surface area contributed by atoms with Crippen molar-refractivity contribution in [3.63, 3.8) is 0 Å². The minimum atomic E-state index is -1.88. The fraction of sp³-hybridized carbons (Fsp3) is 0.250. The Bertz CT molecular complexity index is 1700. The molecular formula is C40H44F2O2SiZr. The Morgan fingerprint density at radius 3 is 1.17 bits per heavy atom. The van der Waals surface area contributed by atoms with Gasteiger partial charge >= 0.3 is 26.2 Å². The van der Waals surface area contributed by atoms with Gasteiger partial charge in [-0.2, -0.15) is 10.4 Å². The van der Waals surface area contributed by atoms with Crippen LogP contribution in [0.4, 0.5) is 8.78 Å². The Morgan fingerprint density at radius 1 is 0.565 bits per heavy atom. The van der Waals surface area contributed by atoms with Crippen LogP contribution in [0.2, 0.25) is 13.1 Å². The molecule has 0 radical (unpaired) electrons. The van der Waals surface area contributed by atoms with E-state index in [1.165, 1.54) is 92.3 Å². The first-order valence-corrected chi connectivity index (χ1v) is 18.5. The van der Waals surface area contributed by atoms with Crippen LogP contribution in [-0.4, -0.2) is 18.3 Å². The topological polar surface area (TPSA) is 40.5 Å². The monoisotopic (exact) mass is 712 g/mol. The van der Waals surface area contributed by atoms with E-state index in [9.17, 15) is 8.78 Å². The third-order valence-corrected chi connectivity index (χ3v) is 12.3. The zero-order valence-corrected chi connectivity index (χ0v) is 31.5. The molecule has 0 amide bonds. The summed E-state index contributed by atoms with van der Waals surface area (Å²) in [5.41, 5.74) is 5.82. The van der Waals surface area contributed by atoms with Crippen LogP contribution in [0.3, 0.4) is 0 Å². The molecule has 0 atom stereocenters. The number of hydrogen-bond donors (Lipinski definition) is 2. The third kappa shape index (κ3) is 8.52. The summed E-state index contributed by atoms with van der Waals surface area (Å²) in [7, 11) is -1.88. The molecule has 0 aromatic heterocycles. The van der Waals surface area contributed by atoms with Gasteiger partial charge in [-0.15, -0.1) is 81.2 Å². The zero-order valence-electron chi connectivity index (χ0n) is 28.0. The van der Waals surface area contributed by atoms with Crippen molar-refractivity contribution in [3.8, 4) is 11.5 Å². The Balaban J connectivity index is 0.000000276. The number of benzene rings is 4. The molecule has 0 bridgehead atoms. The van der Waals surface area contributed by atoms with Crippen molar-refractivity contribution < 1.29 is 45.2 Å². The summed E-state index contributed by atoms with van der Waals surface area (Å²) < 4.78 is 24.0. The Kier molecular flexibility index (Phi) is 12.5. The van der Waals surface area contributed by atoms with E-state index in [0.717, 1.165) is 0 Å². The van der Waals surface area contributed by atoms with Crippen LogP contribution >= 0.6 is 0 Å². The van der Waals surface area contributed by atoms with Gasteiger partial charge in [0, 0.05) is 8.07 Å². The van der Waals surface area contributed by atoms with Crippen molar-refractivity contribution in [2.24, 2.45) is 0 Å². The molecule has 0 saturated carbocycles. The average Bonchev–Trinajstić information content (AvgIpc) is 3.51. The molecule has 0 aliphatic heterocycles. The molecule has 0 spiro atoms. The Hall–Kier alpha value is -3.34. The SMILES string of the molecule is Cc1[cH-]c2ccc(C(C)C)cc2c1[Si](C)(C)c1c(C)[cH-]c2ccc(C(C)C)cc12.Oc1ccc(F)cc1.Oc1ccc(F)cc1.[Zr+2]. The number of rotatable bonds is 4. The van der Waals surface area contributed by atoms with E-state index in [4.69, 9.17) is 10.2 Å². The molecule has 6 heteroatoms. The second-order valence-corrected chi connectivity index (χ2v) is 17.2. The summed E-state index contributed by atoms with van der Waals surface area (Å²) in [5, 5.41) is 26.2. The molecule has 0 fully saturated rings. The van der Waals surface area contributed by atoms with Crippen LogP contribution in [0, 0.1) is 25.5 Å². The van der Waals surface area contributed by atoms with Gasteiger partial charge in [-0.05, 0) is 60.4 Å². The largest absolute Gasteiger partial charge is 2.00 e. The number of fused-ring (bicyclic) bond motifs is 2. The number of halogens is 2. The van der Waals surface area contributed by atoms with Crippen molar-refractivity contribution in [2.45, 2.75) is 66.5 Å². The third-order valence-electron chi connectivity index (χ3n) is 8.46. The van der Waals surface area contributed by atoms with Crippen LogP contribution in [0.15, 0.2) is 97.1 Å². The molecular weight excluding hydrogens is 670 g/mol. The average molecular weight is 714 g/mol. The molecule has 238 valence electrons. The van der Waals surface area contributed by atoms with Crippen LogP contribution in [-0.2, 0) is 26.2 Å². The van der Waals surface area contributed by atoms with Gasteiger partial charge < -0.3 is 10.2 Å². The standard InChI is InChI=1S/C28H34Si.2C6H5FO.Zr/c1-17(2)21-9-11-23-13-19(5)27(25(23)15-21)29(7,8)28-20(6)14-24-12-10-22(18(3)4)16-26(24)28;2*7-5-1-3-6(8)4-2-5;/h9-18H,1-8H3;2*1-4,8H;/q-2;;;+2. The predicted octanol–water partition coefficient (Wildman–Crippen LogP) is 10.2. The van der Waals surface area contributed by atoms with E-state index >= 15 is 0 Å². The quantitative estimate of drug-likeness (QED) is 0.141. The normalized spacial score (nSPS) is 11.2. The molecule has 46 heavy (non-hydrogen) atoms. The number of aromatic hydroxyl groups is 2. The number of phenols is 2. The summed E-state index contributed by atoms with van der Waals surface area (Å²) in [4.78, 5) is 0. The maximum Gasteiger partial charge on any atom is 2.00 e. The van der Waals surface area contributed by atoms with Crippen molar-refractivity contribution >= 4 is 40.0 Å². The van der Waals surface area contributed by atoms with E-state index in [2.05, 4.69) is 103 Å². The van der Waals surface area contributed by atoms with Gasteiger partial charge in [-0.3, -0.25) is 0 Å². The second-order valence-electron chi connectivity index (χ2n) is 13.0. The first-order chi connectivity index (χ1) is 21.2. The van der Waals surface area contributed by atoms with Crippen LogP contribution in [0.5, 0.6) is 11.5 Å². The van der Waals surface area contributed by atoms with Gasteiger partial charge in [-0.25, -0.2) is 8.78 Å². The van der Waals surface area contributed by atoms with Gasteiger partial charge in [0.15, 0.2) is 0 Å². The number of aryl methyl sites for hydroxylation is 2. The van der Waals surface area contributed by atoms with E-state index in [-0.39, 0.29) is 49.3 Å². The molecule has 0 aliphatic rings. The molecule has 0 heterocycles. The van der Waals surface area contributed by atoms with Crippen LogP contribution in [0.1, 0.15) is 61.8 Å². The number of hydrogen-bond acceptors (Lipinski definition) is 2. The second kappa shape index (κ2) is 15.5. The van der Waals surface area contributed by atoms with Gasteiger partial charge in [-0.1, -0.05) is 65.8 Å². The zero-order chi connectivity index (χ0) is 33.1. The minimum Gasteiger partial charge on any atom is -0.508 e. The Labute approximate surface area is 292 Å². The molecule has 6 aromatic rings. The van der Waals surface area contributed by atoms with Crippen molar-refractivity contribution in [2.75, 3.05) is 0 Å². The van der Waals surface area contributed by atoms with E-state index in [0.29, 0.717) is 11.8 Å². The van der Waals surface area contributed by atoms with Crippen molar-refractivity contribution in [1.82, 2.24) is 0 Å². The van der Waals surface area contributed by atoms with Gasteiger partial charge in [0.2, 0.25) is 0 Å². The Morgan fingerprint density at radius 2 is 0.891 bits per heavy atom. The smallest absolute Gasteiger partial charge is 0.508 e. The molecule has 0 unspecified atom stereocenters. The molecule has 0 saturated heterocycles. The molecule has 2 nitrogen and oxygen atoms in total. The maximum absolute atomic E-state index is 12.0. The fourth-order valence-corrected chi connectivity index (χ4v) is 10.4. The summed E-state index contributed by atoms with van der Waals surface area (Å²) in [6.45, 7) is 18.9. The summed E-state index contributed by atoms with van der Waals surface area (Å²) in [6, 6.07) is 29.1. The summed E-state index contributed by atoms with van der Waals surface area (Å²) in [6.07, 6.45) is 0. The minimum absolute atomic E-state index is 0. The maximum atomic E-state index is 12.0. The number of phenolic OH excluding ortho intramolecular Hbond substituents is 2. The molecule has 6 aromatic carbocycles. The summed E-state index contributed by atoms with van der Waals surface area (Å²) >= 11 is 0. The molecule has 6 rings (SSSR count). The van der Waals surface area contributed by atoms with Crippen LogP contribution < -0.4 is 10.4 Å². The van der Waals surface area contributed by atoms with Crippen molar-refractivity contribution in [1.29, 1.82) is 0 Å². The van der Waals surface area contributed by atoms with Crippen LogP contribution in [0.25, 0.3) is 21.5 Å². The predicted molar refractivity (Wildman–Crippen MR) is 190 cm³/mol. The molecule has 2 N–H and O–H groups in total. The fourth-order valence-electron chi connectivity index (χ4n) is 6.25. The van der Waals surface area contributed by atoms with Gasteiger partial charge in [0.25, 0.3) is 0 Å². The van der Waals surface area contributed by atoms with E-state index in [1.807, 2.05) is 0 Å². The molecule has 0 aliphatic carbocycles.